The molecule has 2 atom stereocenters. The van der Waals surface area contributed by atoms with Crippen LogP contribution in [0.2, 0.25) is 0 Å². The molecule has 0 amide bonds. The van der Waals surface area contributed by atoms with Crippen molar-refractivity contribution in [1.82, 2.24) is 20.2 Å². The second kappa shape index (κ2) is 4.23. The molecular weight excluding hydrogens is 204 g/mol. The van der Waals surface area contributed by atoms with Crippen LogP contribution in [0.3, 0.4) is 0 Å². The molecule has 5 nitrogen and oxygen atoms in total. The lowest BCUT2D eigenvalue weighted by Crippen LogP contribution is -2.12. The largest absolute Gasteiger partial charge is 0.381 e. The molecule has 0 radical (unpaired) electrons. The minimum atomic E-state index is 0.340. The smallest absolute Gasteiger partial charge is 0.166 e. The van der Waals surface area contributed by atoms with E-state index in [0.29, 0.717) is 18.0 Å². The third kappa shape index (κ3) is 1.74. The molecule has 2 unspecified atom stereocenters. The maximum absolute atomic E-state index is 5.73. The second-order valence-corrected chi connectivity index (χ2v) is 3.77. The SMILES string of the molecule is COC1CCC(n2nnnc2CCl)C1. The zero-order valence-corrected chi connectivity index (χ0v) is 8.81. The third-order valence-corrected chi connectivity index (χ3v) is 2.96. The fourth-order valence-corrected chi connectivity index (χ4v) is 2.11. The lowest BCUT2D eigenvalue weighted by Gasteiger charge is -2.11. The van der Waals surface area contributed by atoms with Gasteiger partial charge in [0.15, 0.2) is 5.82 Å². The van der Waals surface area contributed by atoms with Crippen LogP contribution in [0.1, 0.15) is 31.1 Å². The van der Waals surface area contributed by atoms with Gasteiger partial charge in [-0.15, -0.1) is 16.7 Å². The molecule has 1 fully saturated rings. The van der Waals surface area contributed by atoms with Crippen molar-refractivity contribution in [3.05, 3.63) is 5.82 Å². The summed E-state index contributed by atoms with van der Waals surface area (Å²) < 4.78 is 7.12. The van der Waals surface area contributed by atoms with Crippen LogP contribution in [0, 0.1) is 0 Å². The summed E-state index contributed by atoms with van der Waals surface area (Å²) in [5, 5.41) is 11.4. The Hall–Kier alpha value is -0.680. The number of nitrogens with zero attached hydrogens (tertiary/aromatic N) is 4. The first-order valence-corrected chi connectivity index (χ1v) is 5.24. The number of hydrogen-bond donors (Lipinski definition) is 0. The van der Waals surface area contributed by atoms with Crippen LogP contribution in [0.5, 0.6) is 0 Å². The number of methoxy groups -OCH3 is 1. The van der Waals surface area contributed by atoms with Gasteiger partial charge in [-0.3, -0.25) is 0 Å². The highest BCUT2D eigenvalue weighted by Crippen LogP contribution is 2.31. The molecule has 78 valence electrons. The normalized spacial score (nSPS) is 27.0. The Balaban J connectivity index is 2.09. The van der Waals surface area contributed by atoms with Crippen LogP contribution < -0.4 is 0 Å². The lowest BCUT2D eigenvalue weighted by molar-refractivity contribution is 0.105. The van der Waals surface area contributed by atoms with Gasteiger partial charge in [-0.05, 0) is 29.7 Å². The summed E-state index contributed by atoms with van der Waals surface area (Å²) in [5.74, 6) is 1.11. The maximum Gasteiger partial charge on any atom is 0.166 e. The van der Waals surface area contributed by atoms with Crippen molar-refractivity contribution in [2.75, 3.05) is 7.11 Å². The molecule has 6 heteroatoms. The average Bonchev–Trinajstić information content (AvgIpc) is 2.85. The van der Waals surface area contributed by atoms with Gasteiger partial charge < -0.3 is 4.74 Å². The molecule has 1 saturated carbocycles. The summed E-state index contributed by atoms with van der Waals surface area (Å²) in [7, 11) is 1.75. The summed E-state index contributed by atoms with van der Waals surface area (Å²) in [6, 6.07) is 0.351. The monoisotopic (exact) mass is 216 g/mol. The molecule has 0 aromatic carbocycles. The highest BCUT2D eigenvalue weighted by atomic mass is 35.5. The number of aromatic nitrogens is 4. The van der Waals surface area contributed by atoms with Gasteiger partial charge in [0, 0.05) is 7.11 Å². The van der Waals surface area contributed by atoms with Gasteiger partial charge in [0.2, 0.25) is 0 Å². The predicted molar refractivity (Wildman–Crippen MR) is 51.1 cm³/mol. The van der Waals surface area contributed by atoms with Crippen molar-refractivity contribution in [2.24, 2.45) is 0 Å². The van der Waals surface area contributed by atoms with Crippen molar-refractivity contribution in [3.63, 3.8) is 0 Å². The quantitative estimate of drug-likeness (QED) is 0.712. The van der Waals surface area contributed by atoms with Crippen LogP contribution in [-0.4, -0.2) is 33.4 Å². The topological polar surface area (TPSA) is 52.8 Å². The maximum atomic E-state index is 5.73. The summed E-state index contributed by atoms with van der Waals surface area (Å²) in [6.07, 6.45) is 3.45. The van der Waals surface area contributed by atoms with E-state index < -0.39 is 0 Å². The molecule has 0 N–H and O–H groups in total. The fraction of sp³-hybridized carbons (Fsp3) is 0.875. The van der Waals surface area contributed by atoms with E-state index in [0.717, 1.165) is 25.1 Å². The Kier molecular flexibility index (Phi) is 2.98. The first-order valence-electron chi connectivity index (χ1n) is 4.70. The van der Waals surface area contributed by atoms with Crippen molar-refractivity contribution >= 4 is 11.6 Å². The molecule has 1 aliphatic rings. The second-order valence-electron chi connectivity index (χ2n) is 3.50. The highest BCUT2D eigenvalue weighted by molar-refractivity contribution is 6.16. The van der Waals surface area contributed by atoms with Crippen LogP contribution in [0.25, 0.3) is 0 Å². The van der Waals surface area contributed by atoms with Crippen molar-refractivity contribution < 1.29 is 4.74 Å². The van der Waals surface area contributed by atoms with Crippen LogP contribution in [0.15, 0.2) is 0 Å². The predicted octanol–water partition coefficient (Wildman–Crippen LogP) is 1.15. The fourth-order valence-electron chi connectivity index (χ4n) is 1.94. The van der Waals surface area contributed by atoms with Crippen molar-refractivity contribution in [1.29, 1.82) is 0 Å². The van der Waals surface area contributed by atoms with E-state index in [4.69, 9.17) is 16.3 Å². The van der Waals surface area contributed by atoms with E-state index in [2.05, 4.69) is 15.5 Å². The van der Waals surface area contributed by atoms with E-state index in [1.165, 1.54) is 0 Å². The molecule has 0 aliphatic heterocycles. The molecule has 0 spiro atoms. The molecule has 14 heavy (non-hydrogen) atoms. The zero-order valence-electron chi connectivity index (χ0n) is 8.06. The molecule has 1 aromatic rings. The Bertz CT molecular complexity index is 303. The number of ether oxygens (including phenoxy) is 1. The van der Waals surface area contributed by atoms with Crippen LogP contribution >= 0.6 is 11.6 Å². The molecule has 1 aliphatic carbocycles. The van der Waals surface area contributed by atoms with Crippen LogP contribution in [0.4, 0.5) is 0 Å². The first-order chi connectivity index (χ1) is 6.85. The molecule has 1 aromatic heterocycles. The standard InChI is InChI=1S/C8H13ClN4O/c1-14-7-3-2-6(4-7)13-8(5-9)10-11-12-13/h6-7H,2-5H2,1H3. The van der Waals surface area contributed by atoms with E-state index in [1.807, 2.05) is 4.68 Å². The van der Waals surface area contributed by atoms with E-state index in [9.17, 15) is 0 Å². The number of tetrazole rings is 1. The highest BCUT2D eigenvalue weighted by Gasteiger charge is 2.28. The van der Waals surface area contributed by atoms with E-state index >= 15 is 0 Å². The minimum Gasteiger partial charge on any atom is -0.381 e. The molecule has 1 heterocycles. The van der Waals surface area contributed by atoms with E-state index in [1.54, 1.807) is 7.11 Å². The van der Waals surface area contributed by atoms with Gasteiger partial charge in [-0.25, -0.2) is 4.68 Å². The molecule has 0 saturated heterocycles. The lowest BCUT2D eigenvalue weighted by atomic mass is 10.2. The van der Waals surface area contributed by atoms with Crippen LogP contribution in [-0.2, 0) is 10.6 Å². The minimum absolute atomic E-state index is 0.340. The summed E-state index contributed by atoms with van der Waals surface area (Å²) in [6.45, 7) is 0. The summed E-state index contributed by atoms with van der Waals surface area (Å²) in [4.78, 5) is 0. The average molecular weight is 217 g/mol. The summed E-state index contributed by atoms with van der Waals surface area (Å²) >= 11 is 5.73. The molecular formula is C8H13ClN4O. The van der Waals surface area contributed by atoms with Crippen molar-refractivity contribution in [3.8, 4) is 0 Å². The van der Waals surface area contributed by atoms with Gasteiger partial charge in [0.1, 0.15) is 0 Å². The van der Waals surface area contributed by atoms with Crippen molar-refractivity contribution in [2.45, 2.75) is 37.3 Å². The number of halogens is 1. The Morgan fingerprint density at radius 2 is 2.43 bits per heavy atom. The van der Waals surface area contributed by atoms with Gasteiger partial charge in [-0.1, -0.05) is 0 Å². The Morgan fingerprint density at radius 3 is 3.07 bits per heavy atom. The van der Waals surface area contributed by atoms with Gasteiger partial charge in [-0.2, -0.15) is 0 Å². The van der Waals surface area contributed by atoms with E-state index in [-0.39, 0.29) is 0 Å². The summed E-state index contributed by atoms with van der Waals surface area (Å²) in [5.41, 5.74) is 0. The van der Waals surface area contributed by atoms with Gasteiger partial charge >= 0.3 is 0 Å². The first kappa shape index (κ1) is 9.86. The van der Waals surface area contributed by atoms with Gasteiger partial charge in [0.25, 0.3) is 0 Å². The third-order valence-electron chi connectivity index (χ3n) is 2.72. The molecule has 0 bridgehead atoms. The molecule has 2 rings (SSSR count). The number of hydrogen-bond acceptors (Lipinski definition) is 4. The number of alkyl halides is 1. The zero-order chi connectivity index (χ0) is 9.97. The Morgan fingerprint density at radius 1 is 1.57 bits per heavy atom. The van der Waals surface area contributed by atoms with Gasteiger partial charge in [0.05, 0.1) is 18.0 Å². The Labute approximate surface area is 87.4 Å². The number of rotatable bonds is 3.